The maximum atomic E-state index is 13.0. The number of ether oxygens (including phenoxy) is 6. The first-order chi connectivity index (χ1) is 49.7. The van der Waals surface area contributed by atoms with Crippen molar-refractivity contribution < 1.29 is 73.4 Å². The number of carbonyl (C=O) groups excluding carboxylic acids is 3. The van der Waals surface area contributed by atoms with Gasteiger partial charge in [-0.15, -0.1) is 0 Å². The van der Waals surface area contributed by atoms with Crippen molar-refractivity contribution in [1.29, 1.82) is 0 Å². The van der Waals surface area contributed by atoms with E-state index in [-0.39, 0.29) is 18.1 Å². The molecule has 0 unspecified atom stereocenters. The molecule has 1 amide bonds. The lowest BCUT2D eigenvalue weighted by atomic mass is 9.92. The van der Waals surface area contributed by atoms with Crippen molar-refractivity contribution >= 4 is 29.5 Å². The molecule has 104 heavy (non-hydrogen) atoms. The number of benzene rings is 3. The number of H-pyrrole nitrogens is 2. The summed E-state index contributed by atoms with van der Waals surface area (Å²) in [5.41, 5.74) is 30.2. The third kappa shape index (κ3) is 16.4. The summed E-state index contributed by atoms with van der Waals surface area (Å²) in [6.07, 6.45) is -8.10. The van der Waals surface area contributed by atoms with E-state index in [0.29, 0.717) is 23.1 Å². The number of rotatable bonds is 18. The number of nitrogens with zero attached hydrogens (tertiary/aromatic N) is 18. The second-order valence-electron chi connectivity index (χ2n) is 23.0. The molecule has 11 rings (SSSR count). The van der Waals surface area contributed by atoms with Crippen LogP contribution in [0.1, 0.15) is 96.5 Å². The van der Waals surface area contributed by atoms with Crippen LogP contribution in [-0.2, 0) is 28.4 Å². The molecule has 4 aromatic heterocycles. The maximum Gasteiger partial charge on any atom is 0.351 e. The van der Waals surface area contributed by atoms with Crippen LogP contribution in [0.2, 0.25) is 0 Å². The molecule has 43 nitrogen and oxygen atoms in total. The number of esters is 2. The van der Waals surface area contributed by atoms with E-state index < -0.39 is 161 Å². The van der Waals surface area contributed by atoms with Crippen molar-refractivity contribution in [2.24, 2.45) is 32.3 Å². The number of hydrogen-bond acceptors (Lipinski definition) is 28. The number of amides is 1. The van der Waals surface area contributed by atoms with Gasteiger partial charge < -0.3 is 70.1 Å². The van der Waals surface area contributed by atoms with E-state index in [1.807, 2.05) is 4.98 Å². The topological polar surface area (TPSA) is 641 Å². The molecule has 16 atom stereocenters. The van der Waals surface area contributed by atoms with Gasteiger partial charge in [0.25, 0.3) is 17.0 Å². The summed E-state index contributed by atoms with van der Waals surface area (Å²) >= 11 is 0. The lowest BCUT2D eigenvalue weighted by Gasteiger charge is -2.26. The molecule has 0 bridgehead atoms. The van der Waals surface area contributed by atoms with Gasteiger partial charge in [-0.2, -0.15) is 9.97 Å². The molecule has 0 aliphatic carbocycles. The summed E-state index contributed by atoms with van der Waals surface area (Å²) in [7, 11) is 0. The molecule has 0 spiro atoms. The third-order valence-corrected chi connectivity index (χ3v) is 17.0. The fraction of sp³-hybridized carbons (Fsp3) is 0.393. The summed E-state index contributed by atoms with van der Waals surface area (Å²) in [5.74, 6) is -2.74. The number of aromatic nitrogens is 8. The minimum atomic E-state index is -2.10. The van der Waals surface area contributed by atoms with Gasteiger partial charge in [-0.05, 0) is 83.5 Å². The Hall–Kier alpha value is -12.2. The first-order valence-electron chi connectivity index (χ1n) is 31.1. The molecule has 4 aliphatic rings. The van der Waals surface area contributed by atoms with Gasteiger partial charge in [0, 0.05) is 74.0 Å². The molecule has 3 aromatic carbocycles. The second-order valence-corrected chi connectivity index (χ2v) is 23.0. The van der Waals surface area contributed by atoms with Crippen LogP contribution in [0.3, 0.4) is 0 Å². The molecule has 11 N–H and O–H groups in total. The highest BCUT2D eigenvalue weighted by atomic mass is 16.6. The molecule has 546 valence electrons. The van der Waals surface area contributed by atoms with Crippen molar-refractivity contribution in [3.8, 4) is 0 Å². The zero-order valence-corrected chi connectivity index (χ0v) is 55.0. The number of azide groups is 4. The highest BCUT2D eigenvalue weighted by molar-refractivity contribution is 6.03. The number of aliphatic hydroxyl groups excluding tert-OH is 6. The highest BCUT2D eigenvalue weighted by Crippen LogP contribution is 2.48. The van der Waals surface area contributed by atoms with E-state index in [0.717, 1.165) is 36.6 Å². The van der Waals surface area contributed by atoms with Crippen molar-refractivity contribution in [2.45, 2.75) is 125 Å². The van der Waals surface area contributed by atoms with Gasteiger partial charge >= 0.3 is 34.7 Å². The smallest absolute Gasteiger partial charge is 0.351 e. The predicted molar refractivity (Wildman–Crippen MR) is 355 cm³/mol. The molecule has 7 aromatic rings. The van der Waals surface area contributed by atoms with Gasteiger partial charge in [0.15, 0.2) is 48.6 Å². The second kappa shape index (κ2) is 33.5. The fourth-order valence-corrected chi connectivity index (χ4v) is 11.3. The van der Waals surface area contributed by atoms with Gasteiger partial charge in [-0.25, -0.2) is 28.8 Å². The van der Waals surface area contributed by atoms with Crippen LogP contribution in [-0.4, -0.2) is 159 Å². The summed E-state index contributed by atoms with van der Waals surface area (Å²) in [6.45, 7) is 5.21. The van der Waals surface area contributed by atoms with Crippen LogP contribution in [0.15, 0.2) is 189 Å². The molecule has 43 heteroatoms. The summed E-state index contributed by atoms with van der Waals surface area (Å²) < 4.78 is 37.8. The standard InChI is InChI=1S/C25H24N6O5.C18H19N5O5.C9H12N6O5.C9H11N5O6/c1-3-25(29-30-26)16(2)20(35-23(33)18-12-8-5-9-13-18)22(36-25)31-15-14-19(28-24(31)34)27-21(32)17-10-6-4-7-11-17;1-3-18(21-22-19)11(2)14(27-16(25)12-7-5-4-6-8-12)15(28-18)23-10-9-13(24)20-17(23)26;10-4-1-2-15(8(19)12-4)7-5(17)6(18)9(3-16,20-7)13-14-11;10-13-12-9(3-15)6(18)5(17)7(20-9)14-2-1-4(16)11-8(14)19/h4-16,20,22H,3H2,1-2H3,(H,27,28,32,34);4-11,14-15H,3H2,1-2H3,(H,20,24,26);1-2,5-7,16-18H,3H2,(H2,10,12,19);1-2,5-7,15,17-18H,3H2,(H,11,16,19)/t16-,20-,22+,25+;11-,14-,15+,18+;2*5-,6-,7+,9+/m0000/s1. The summed E-state index contributed by atoms with van der Waals surface area (Å²) in [4.78, 5) is 131. The quantitative estimate of drug-likeness (QED) is 0.0255. The Morgan fingerprint density at radius 1 is 0.519 bits per heavy atom. The normalized spacial score (nSPS) is 27.7. The Balaban J connectivity index is 0.000000181. The van der Waals surface area contributed by atoms with Crippen LogP contribution in [0, 0.1) is 11.8 Å². The zero-order valence-electron chi connectivity index (χ0n) is 55.0. The van der Waals surface area contributed by atoms with Crippen LogP contribution < -0.4 is 44.9 Å². The van der Waals surface area contributed by atoms with E-state index in [2.05, 4.69) is 60.4 Å². The Morgan fingerprint density at radius 3 is 1.25 bits per heavy atom. The first kappa shape index (κ1) is 77.6. The van der Waals surface area contributed by atoms with Crippen molar-refractivity contribution in [2.75, 3.05) is 24.3 Å². The number of nitrogen functional groups attached to an aromatic ring is 1. The van der Waals surface area contributed by atoms with E-state index in [9.17, 15) is 73.8 Å². The van der Waals surface area contributed by atoms with E-state index >= 15 is 0 Å². The first-order valence-corrected chi connectivity index (χ1v) is 31.1. The highest BCUT2D eigenvalue weighted by Gasteiger charge is 2.58. The predicted octanol–water partition coefficient (Wildman–Crippen LogP) is 2.51. The van der Waals surface area contributed by atoms with Gasteiger partial charge in [-0.1, -0.05) is 103 Å². The van der Waals surface area contributed by atoms with Gasteiger partial charge in [-0.3, -0.25) is 42.6 Å². The maximum absolute atomic E-state index is 13.0. The van der Waals surface area contributed by atoms with Gasteiger partial charge in [0.05, 0.1) is 24.3 Å². The van der Waals surface area contributed by atoms with Gasteiger partial charge in [0.2, 0.25) is 11.4 Å². The van der Waals surface area contributed by atoms with Crippen molar-refractivity contribution in [1.82, 2.24) is 38.2 Å². The molecular weight excluding hydrogens is 1380 g/mol. The molecule has 4 saturated heterocycles. The lowest BCUT2D eigenvalue weighted by molar-refractivity contribution is -0.125. The summed E-state index contributed by atoms with van der Waals surface area (Å²) in [5, 5.41) is 74.4. The number of aliphatic hydroxyl groups is 6. The van der Waals surface area contributed by atoms with Crippen LogP contribution >= 0.6 is 0 Å². The molecule has 0 radical (unpaired) electrons. The molecule has 4 fully saturated rings. The van der Waals surface area contributed by atoms with Crippen LogP contribution in [0.4, 0.5) is 11.6 Å². The Labute approximate surface area is 582 Å². The minimum Gasteiger partial charge on any atom is -0.454 e. The van der Waals surface area contributed by atoms with Crippen molar-refractivity contribution in [3.05, 3.63) is 261 Å². The lowest BCUT2D eigenvalue weighted by Crippen LogP contribution is -2.44. The molecule has 4 aliphatic heterocycles. The Morgan fingerprint density at radius 2 is 0.865 bits per heavy atom. The third-order valence-electron chi connectivity index (χ3n) is 17.0. The minimum absolute atomic E-state index is 0.0252. The average molecular weight is 1440 g/mol. The van der Waals surface area contributed by atoms with E-state index in [1.54, 1.807) is 119 Å². The fourth-order valence-electron chi connectivity index (χ4n) is 11.3. The Bertz CT molecular complexity index is 4830. The van der Waals surface area contributed by atoms with Crippen molar-refractivity contribution in [3.63, 3.8) is 0 Å². The number of nitrogens with one attached hydrogen (secondary N) is 3. The Kier molecular flexibility index (Phi) is 25.0. The van der Waals surface area contributed by atoms with E-state index in [4.69, 9.17) is 56.3 Å². The monoisotopic (exact) mass is 1440 g/mol. The number of hydrogen-bond donors (Lipinski definition) is 10. The van der Waals surface area contributed by atoms with Crippen LogP contribution in [0.25, 0.3) is 41.8 Å². The average Bonchev–Trinajstić information content (AvgIpc) is 1.64. The molecular formula is C61H66N22O21. The SMILES string of the molecule is CC[C@@]1(N=[N+]=[N-])O[C@@H](n2ccc(=O)[nH]c2=O)[C@@H](OC(=O)c2ccccc2)[C@@H]1C.CC[C@@]1(N=[N+]=[N-])O[C@@H](n2ccc(NC(=O)c3ccccc3)nc2=O)[C@@H](OC(=O)c2ccccc2)[C@@H]1C.[N-]=[N+]=N[C@]1(CO)O[C@@H](n2ccc(=O)[nH]c2=O)[C@@H](O)[C@@H]1O.[N-]=[N+]=N[C@]1(CO)O[C@@H](n2ccc(N)nc2=O)[C@@H](O)[C@@H]1O. The number of nitrogens with two attached hydrogens (primary N) is 1. The van der Waals surface area contributed by atoms with E-state index in [1.165, 1.54) is 30.7 Å². The number of aromatic amines is 2. The number of carbonyl (C=O) groups is 3. The largest absolute Gasteiger partial charge is 0.454 e. The van der Waals surface area contributed by atoms with Crippen LogP contribution in [0.5, 0.6) is 0 Å². The molecule has 0 saturated carbocycles. The summed E-state index contributed by atoms with van der Waals surface area (Å²) in [6, 6.07) is 30.2. The molecule has 8 heterocycles. The number of anilines is 2. The van der Waals surface area contributed by atoms with Gasteiger partial charge in [0.1, 0.15) is 36.1 Å². The zero-order chi connectivity index (χ0) is 75.8.